The molecule has 0 unspecified atom stereocenters. The van der Waals surface area contributed by atoms with E-state index in [1.807, 2.05) is 13.8 Å². The standard InChI is InChI=1S/C10H21ClO4S/c1-10(2)15-8-7-14-6-4-3-5-9-16(11,12)13/h10H,3-9H2,1-2H3. The van der Waals surface area contributed by atoms with Gasteiger partial charge in [-0.1, -0.05) is 6.42 Å². The zero-order valence-corrected chi connectivity index (χ0v) is 11.5. The van der Waals surface area contributed by atoms with Crippen molar-refractivity contribution in [3.8, 4) is 0 Å². The normalized spacial score (nSPS) is 12.2. The molecule has 0 bridgehead atoms. The number of unbranched alkanes of at least 4 members (excludes halogenated alkanes) is 2. The van der Waals surface area contributed by atoms with Crippen LogP contribution in [0.5, 0.6) is 0 Å². The van der Waals surface area contributed by atoms with Crippen LogP contribution in [0.1, 0.15) is 33.1 Å². The minimum Gasteiger partial charge on any atom is -0.379 e. The molecule has 4 nitrogen and oxygen atoms in total. The van der Waals surface area contributed by atoms with Crippen molar-refractivity contribution in [1.29, 1.82) is 0 Å². The zero-order chi connectivity index (χ0) is 12.4. The maximum absolute atomic E-state index is 10.6. The van der Waals surface area contributed by atoms with Crippen LogP contribution in [0.2, 0.25) is 0 Å². The summed E-state index contributed by atoms with van der Waals surface area (Å²) in [6, 6.07) is 0. The summed E-state index contributed by atoms with van der Waals surface area (Å²) in [4.78, 5) is 0. The summed E-state index contributed by atoms with van der Waals surface area (Å²) in [5, 5.41) is 0. The van der Waals surface area contributed by atoms with Gasteiger partial charge < -0.3 is 9.47 Å². The monoisotopic (exact) mass is 272 g/mol. The number of hydrogen-bond acceptors (Lipinski definition) is 4. The molecule has 0 heterocycles. The second kappa shape index (κ2) is 9.22. The molecule has 0 aliphatic carbocycles. The minimum atomic E-state index is -3.32. The number of hydrogen-bond donors (Lipinski definition) is 0. The Labute approximate surface area is 103 Å². The van der Waals surface area contributed by atoms with Crippen molar-refractivity contribution >= 4 is 19.7 Å². The van der Waals surface area contributed by atoms with Crippen LogP contribution in [0.3, 0.4) is 0 Å². The van der Waals surface area contributed by atoms with Gasteiger partial charge in [-0.3, -0.25) is 0 Å². The Morgan fingerprint density at radius 1 is 1.06 bits per heavy atom. The molecule has 0 saturated carbocycles. The molecular weight excluding hydrogens is 252 g/mol. The lowest BCUT2D eigenvalue weighted by Gasteiger charge is -2.07. The van der Waals surface area contributed by atoms with Crippen LogP contribution in [-0.4, -0.2) is 40.1 Å². The van der Waals surface area contributed by atoms with E-state index in [0.29, 0.717) is 26.2 Å². The van der Waals surface area contributed by atoms with Crippen molar-refractivity contribution in [2.24, 2.45) is 0 Å². The van der Waals surface area contributed by atoms with Crippen LogP contribution < -0.4 is 0 Å². The minimum absolute atomic E-state index is 0.0466. The van der Waals surface area contributed by atoms with Crippen LogP contribution in [0, 0.1) is 0 Å². The lowest BCUT2D eigenvalue weighted by atomic mass is 10.3. The van der Waals surface area contributed by atoms with Crippen LogP contribution in [0.25, 0.3) is 0 Å². The van der Waals surface area contributed by atoms with E-state index < -0.39 is 9.05 Å². The van der Waals surface area contributed by atoms with Gasteiger partial charge in [0.05, 0.1) is 25.1 Å². The van der Waals surface area contributed by atoms with Gasteiger partial charge in [-0.15, -0.1) is 0 Å². The molecule has 0 radical (unpaired) electrons. The summed E-state index contributed by atoms with van der Waals surface area (Å²) in [6.07, 6.45) is 2.50. The first-order valence-corrected chi connectivity index (χ1v) is 8.01. The first-order valence-electron chi connectivity index (χ1n) is 5.53. The van der Waals surface area contributed by atoms with Gasteiger partial charge in [0.25, 0.3) is 0 Å². The molecule has 0 aliphatic heterocycles. The molecule has 0 amide bonds. The first-order chi connectivity index (χ1) is 7.42. The van der Waals surface area contributed by atoms with Crippen LogP contribution in [0.4, 0.5) is 0 Å². The molecular formula is C10H21ClO4S. The van der Waals surface area contributed by atoms with Gasteiger partial charge in [0.2, 0.25) is 9.05 Å². The zero-order valence-electron chi connectivity index (χ0n) is 9.95. The van der Waals surface area contributed by atoms with Gasteiger partial charge in [-0.25, -0.2) is 8.42 Å². The van der Waals surface area contributed by atoms with E-state index in [9.17, 15) is 8.42 Å². The largest absolute Gasteiger partial charge is 0.379 e. The Balaban J connectivity index is 3.10. The molecule has 98 valence electrons. The molecule has 0 aromatic rings. The van der Waals surface area contributed by atoms with Crippen LogP contribution >= 0.6 is 10.7 Å². The molecule has 0 rings (SSSR count). The van der Waals surface area contributed by atoms with Gasteiger partial charge in [0.1, 0.15) is 0 Å². The third-order valence-corrected chi connectivity index (χ3v) is 3.09. The third-order valence-electron chi connectivity index (χ3n) is 1.86. The topological polar surface area (TPSA) is 52.6 Å². The smallest absolute Gasteiger partial charge is 0.232 e. The second-order valence-electron chi connectivity index (χ2n) is 3.84. The Kier molecular flexibility index (Phi) is 9.31. The fraction of sp³-hybridized carbons (Fsp3) is 1.00. The average molecular weight is 273 g/mol. The predicted molar refractivity (Wildman–Crippen MR) is 65.4 cm³/mol. The number of ether oxygens (including phenoxy) is 2. The second-order valence-corrected chi connectivity index (χ2v) is 6.73. The van der Waals surface area contributed by atoms with Crippen molar-refractivity contribution in [3.63, 3.8) is 0 Å². The van der Waals surface area contributed by atoms with Gasteiger partial charge in [-0.2, -0.15) is 0 Å². The van der Waals surface area contributed by atoms with Crippen molar-refractivity contribution in [3.05, 3.63) is 0 Å². The molecule has 0 saturated heterocycles. The summed E-state index contributed by atoms with van der Waals surface area (Å²) < 4.78 is 31.8. The van der Waals surface area contributed by atoms with Crippen LogP contribution in [-0.2, 0) is 18.5 Å². The average Bonchev–Trinajstić information content (AvgIpc) is 2.13. The molecule has 0 spiro atoms. The maximum atomic E-state index is 10.6. The van der Waals surface area contributed by atoms with Gasteiger partial charge in [-0.05, 0) is 26.7 Å². The lowest BCUT2D eigenvalue weighted by Crippen LogP contribution is -2.10. The Morgan fingerprint density at radius 2 is 1.75 bits per heavy atom. The molecule has 0 fully saturated rings. The van der Waals surface area contributed by atoms with E-state index in [-0.39, 0.29) is 11.9 Å². The van der Waals surface area contributed by atoms with Crippen molar-refractivity contribution < 1.29 is 17.9 Å². The Bertz CT molecular complexity index is 252. The molecule has 0 aromatic heterocycles. The predicted octanol–water partition coefficient (Wildman–Crippen LogP) is 2.17. The van der Waals surface area contributed by atoms with E-state index in [1.165, 1.54) is 0 Å². The molecule has 0 N–H and O–H groups in total. The summed E-state index contributed by atoms with van der Waals surface area (Å²) in [5.74, 6) is 0.0466. The van der Waals surface area contributed by atoms with Gasteiger partial charge in [0.15, 0.2) is 0 Å². The highest BCUT2D eigenvalue weighted by Gasteiger charge is 2.03. The fourth-order valence-corrected chi connectivity index (χ4v) is 1.98. The van der Waals surface area contributed by atoms with Crippen LogP contribution in [0.15, 0.2) is 0 Å². The van der Waals surface area contributed by atoms with Crippen molar-refractivity contribution in [2.75, 3.05) is 25.6 Å². The molecule has 16 heavy (non-hydrogen) atoms. The molecule has 0 aromatic carbocycles. The Morgan fingerprint density at radius 3 is 2.31 bits per heavy atom. The molecule has 6 heteroatoms. The summed E-state index contributed by atoms with van der Waals surface area (Å²) in [5.41, 5.74) is 0. The fourth-order valence-electron chi connectivity index (χ4n) is 1.10. The van der Waals surface area contributed by atoms with E-state index in [1.54, 1.807) is 0 Å². The summed E-state index contributed by atoms with van der Waals surface area (Å²) >= 11 is 0. The van der Waals surface area contributed by atoms with E-state index >= 15 is 0 Å². The number of halogens is 1. The summed E-state index contributed by atoms with van der Waals surface area (Å²) in [7, 11) is 1.74. The van der Waals surface area contributed by atoms with Crippen molar-refractivity contribution in [1.82, 2.24) is 0 Å². The highest BCUT2D eigenvalue weighted by atomic mass is 35.7. The third kappa shape index (κ3) is 14.2. The first kappa shape index (κ1) is 16.2. The highest BCUT2D eigenvalue weighted by Crippen LogP contribution is 2.03. The highest BCUT2D eigenvalue weighted by molar-refractivity contribution is 8.13. The van der Waals surface area contributed by atoms with Gasteiger partial charge in [0, 0.05) is 17.3 Å². The lowest BCUT2D eigenvalue weighted by molar-refractivity contribution is 0.0187. The number of rotatable bonds is 10. The maximum Gasteiger partial charge on any atom is 0.232 e. The SMILES string of the molecule is CC(C)OCCOCCCCCS(=O)(=O)Cl. The molecule has 0 atom stereocenters. The van der Waals surface area contributed by atoms with E-state index in [0.717, 1.165) is 12.8 Å². The van der Waals surface area contributed by atoms with E-state index in [2.05, 4.69) is 0 Å². The van der Waals surface area contributed by atoms with Gasteiger partial charge >= 0.3 is 0 Å². The van der Waals surface area contributed by atoms with Crippen molar-refractivity contribution in [2.45, 2.75) is 39.2 Å². The van der Waals surface area contributed by atoms with E-state index in [4.69, 9.17) is 20.2 Å². The quantitative estimate of drug-likeness (QED) is 0.452. The Hall–Kier alpha value is 0.160. The summed E-state index contributed by atoms with van der Waals surface area (Å²) in [6.45, 7) is 5.79. The molecule has 0 aliphatic rings.